The molecule has 126 valence electrons. The van der Waals surface area contributed by atoms with Crippen molar-refractivity contribution in [3.05, 3.63) is 36.0 Å². The van der Waals surface area contributed by atoms with Crippen LogP contribution in [0.5, 0.6) is 0 Å². The number of aromatic nitrogens is 2. The largest absolute Gasteiger partial charge is 0.419 e. The number of rotatable bonds is 7. The van der Waals surface area contributed by atoms with Gasteiger partial charge in [0.25, 0.3) is 0 Å². The van der Waals surface area contributed by atoms with E-state index in [0.29, 0.717) is 42.8 Å². The topological polar surface area (TPSA) is 75.2 Å². The van der Waals surface area contributed by atoms with Gasteiger partial charge in [0.1, 0.15) is 5.82 Å². The van der Waals surface area contributed by atoms with Crippen LogP contribution in [0.2, 0.25) is 0 Å². The van der Waals surface area contributed by atoms with Gasteiger partial charge in [-0.2, -0.15) is 5.26 Å². The molecule has 0 radical (unpaired) electrons. The first-order chi connectivity index (χ1) is 11.7. The van der Waals surface area contributed by atoms with Crippen molar-refractivity contribution in [2.24, 2.45) is 5.92 Å². The fourth-order valence-electron chi connectivity index (χ4n) is 2.75. The molecule has 1 aliphatic heterocycles. The normalized spacial score (nSPS) is 17.3. The second kappa shape index (κ2) is 7.99. The second-order valence-corrected chi connectivity index (χ2v) is 5.88. The molecule has 1 aromatic heterocycles. The van der Waals surface area contributed by atoms with E-state index in [-0.39, 0.29) is 5.82 Å². The average Bonchev–Trinajstić information content (AvgIpc) is 3.25. The number of ether oxygens (including phenoxy) is 1. The summed E-state index contributed by atoms with van der Waals surface area (Å²) in [5.41, 5.74) is 0.683. The third kappa shape index (κ3) is 4.37. The van der Waals surface area contributed by atoms with Crippen LogP contribution in [0.25, 0.3) is 11.5 Å². The molecule has 0 spiro atoms. The third-order valence-electron chi connectivity index (χ3n) is 4.00. The molecule has 7 heteroatoms. The summed E-state index contributed by atoms with van der Waals surface area (Å²) in [7, 11) is 0. The van der Waals surface area contributed by atoms with Crippen molar-refractivity contribution in [3.8, 4) is 17.5 Å². The minimum absolute atomic E-state index is 0.306. The monoisotopic (exact) mass is 330 g/mol. The van der Waals surface area contributed by atoms with E-state index in [9.17, 15) is 4.39 Å². The Hall–Kier alpha value is -2.30. The molecular weight excluding hydrogens is 311 g/mol. The Kier molecular flexibility index (Phi) is 5.51. The summed E-state index contributed by atoms with van der Waals surface area (Å²) in [6, 6.07) is 8.10. The molecule has 1 atom stereocenters. The lowest BCUT2D eigenvalue weighted by Crippen LogP contribution is -2.30. The molecule has 0 amide bonds. The molecule has 1 aromatic carbocycles. The first-order valence-corrected chi connectivity index (χ1v) is 8.00. The van der Waals surface area contributed by atoms with Gasteiger partial charge in [0.05, 0.1) is 19.2 Å². The second-order valence-electron chi connectivity index (χ2n) is 5.88. The van der Waals surface area contributed by atoms with Crippen LogP contribution in [-0.4, -0.2) is 41.4 Å². The highest BCUT2D eigenvalue weighted by Crippen LogP contribution is 2.20. The summed E-state index contributed by atoms with van der Waals surface area (Å²) in [5.74, 6) is 1.03. The zero-order valence-electron chi connectivity index (χ0n) is 13.3. The zero-order valence-corrected chi connectivity index (χ0v) is 13.3. The molecule has 2 aromatic rings. The van der Waals surface area contributed by atoms with Crippen LogP contribution in [-0.2, 0) is 11.3 Å². The quantitative estimate of drug-likeness (QED) is 0.777. The van der Waals surface area contributed by atoms with E-state index in [0.717, 1.165) is 26.2 Å². The molecule has 0 N–H and O–H groups in total. The minimum atomic E-state index is -0.306. The van der Waals surface area contributed by atoms with Crippen LogP contribution in [0.15, 0.2) is 28.7 Å². The fourth-order valence-corrected chi connectivity index (χ4v) is 2.75. The number of hydrogen-bond donors (Lipinski definition) is 0. The molecule has 0 bridgehead atoms. The Morgan fingerprint density at radius 1 is 1.29 bits per heavy atom. The van der Waals surface area contributed by atoms with Crippen LogP contribution in [0, 0.1) is 23.1 Å². The summed E-state index contributed by atoms with van der Waals surface area (Å²) in [6.45, 7) is 3.54. The smallest absolute Gasteiger partial charge is 0.247 e. The predicted octanol–water partition coefficient (Wildman–Crippen LogP) is 2.63. The van der Waals surface area contributed by atoms with Gasteiger partial charge < -0.3 is 9.15 Å². The molecule has 24 heavy (non-hydrogen) atoms. The van der Waals surface area contributed by atoms with Crippen molar-refractivity contribution in [1.29, 1.82) is 5.26 Å². The number of benzene rings is 1. The van der Waals surface area contributed by atoms with Crippen LogP contribution < -0.4 is 0 Å². The van der Waals surface area contributed by atoms with Crippen molar-refractivity contribution in [2.45, 2.75) is 19.4 Å². The Bertz CT molecular complexity index is 689. The van der Waals surface area contributed by atoms with E-state index in [4.69, 9.17) is 14.4 Å². The third-order valence-corrected chi connectivity index (χ3v) is 4.00. The van der Waals surface area contributed by atoms with Crippen molar-refractivity contribution in [2.75, 3.05) is 26.3 Å². The van der Waals surface area contributed by atoms with Gasteiger partial charge in [0.2, 0.25) is 11.8 Å². The van der Waals surface area contributed by atoms with Crippen molar-refractivity contribution in [3.63, 3.8) is 0 Å². The first kappa shape index (κ1) is 16.6. The molecule has 1 aliphatic rings. The van der Waals surface area contributed by atoms with Crippen LogP contribution in [0.1, 0.15) is 18.7 Å². The van der Waals surface area contributed by atoms with Gasteiger partial charge in [0, 0.05) is 31.7 Å². The molecule has 1 fully saturated rings. The van der Waals surface area contributed by atoms with E-state index in [1.807, 2.05) is 0 Å². The molecule has 0 aliphatic carbocycles. The van der Waals surface area contributed by atoms with Crippen LogP contribution in [0.3, 0.4) is 0 Å². The van der Waals surface area contributed by atoms with Crippen molar-refractivity contribution in [1.82, 2.24) is 15.1 Å². The van der Waals surface area contributed by atoms with Gasteiger partial charge in [-0.1, -0.05) is 0 Å². The maximum atomic E-state index is 13.0. The zero-order chi connectivity index (χ0) is 16.8. The number of hydrogen-bond acceptors (Lipinski definition) is 6. The Morgan fingerprint density at radius 3 is 2.83 bits per heavy atom. The maximum absolute atomic E-state index is 13.0. The van der Waals surface area contributed by atoms with Gasteiger partial charge in [0.15, 0.2) is 0 Å². The highest BCUT2D eigenvalue weighted by atomic mass is 19.1. The lowest BCUT2D eigenvalue weighted by atomic mass is 10.1. The predicted molar refractivity (Wildman–Crippen MR) is 84.1 cm³/mol. The number of halogens is 1. The van der Waals surface area contributed by atoms with Gasteiger partial charge in [-0.15, -0.1) is 10.2 Å². The van der Waals surface area contributed by atoms with E-state index >= 15 is 0 Å². The molecule has 0 saturated carbocycles. The van der Waals surface area contributed by atoms with Crippen LogP contribution >= 0.6 is 0 Å². The minimum Gasteiger partial charge on any atom is -0.419 e. The van der Waals surface area contributed by atoms with E-state index in [1.54, 1.807) is 12.1 Å². The van der Waals surface area contributed by atoms with Gasteiger partial charge in [-0.05, 0) is 36.6 Å². The molecule has 3 rings (SSSR count). The summed E-state index contributed by atoms with van der Waals surface area (Å²) in [5, 5.41) is 16.9. The Labute approximate surface area is 139 Å². The molecular formula is C17H19FN4O2. The highest BCUT2D eigenvalue weighted by molar-refractivity contribution is 5.51. The van der Waals surface area contributed by atoms with E-state index < -0.39 is 0 Å². The molecule has 2 heterocycles. The molecule has 0 unspecified atom stereocenters. The Balaban J connectivity index is 1.65. The van der Waals surface area contributed by atoms with Gasteiger partial charge in [-0.25, -0.2) is 4.39 Å². The summed E-state index contributed by atoms with van der Waals surface area (Å²) >= 11 is 0. The van der Waals surface area contributed by atoms with Crippen molar-refractivity contribution < 1.29 is 13.5 Å². The lowest BCUT2D eigenvalue weighted by molar-refractivity contribution is 0.161. The molecule has 6 nitrogen and oxygen atoms in total. The fraction of sp³-hybridized carbons (Fsp3) is 0.471. The summed E-state index contributed by atoms with van der Waals surface area (Å²) in [4.78, 5) is 2.14. The SMILES string of the molecule is N#CCCN(Cc1nnc(-c2ccc(F)cc2)o1)C[C@H]1CCOC1. The number of nitrogens with zero attached hydrogens (tertiary/aromatic N) is 4. The first-order valence-electron chi connectivity index (χ1n) is 8.00. The molecule has 1 saturated heterocycles. The van der Waals surface area contributed by atoms with Crippen molar-refractivity contribution >= 4 is 0 Å². The summed E-state index contributed by atoms with van der Waals surface area (Å²) in [6.07, 6.45) is 1.49. The van der Waals surface area contributed by atoms with Gasteiger partial charge >= 0.3 is 0 Å². The Morgan fingerprint density at radius 2 is 2.12 bits per heavy atom. The van der Waals surface area contributed by atoms with E-state index in [1.165, 1.54) is 12.1 Å². The van der Waals surface area contributed by atoms with E-state index in [2.05, 4.69) is 21.2 Å². The average molecular weight is 330 g/mol. The van der Waals surface area contributed by atoms with Crippen LogP contribution in [0.4, 0.5) is 4.39 Å². The van der Waals surface area contributed by atoms with Gasteiger partial charge in [-0.3, -0.25) is 4.90 Å². The summed E-state index contributed by atoms with van der Waals surface area (Å²) < 4.78 is 24.1. The maximum Gasteiger partial charge on any atom is 0.247 e. The highest BCUT2D eigenvalue weighted by Gasteiger charge is 2.21. The lowest BCUT2D eigenvalue weighted by Gasteiger charge is -2.22. The number of nitriles is 1. The standard InChI is InChI=1S/C17H19FN4O2/c18-15-4-2-14(3-5-15)17-21-20-16(24-17)11-22(8-1-7-19)10-13-6-9-23-12-13/h2-5,13H,1,6,8-12H2/t13-/m1/s1.